The van der Waals surface area contributed by atoms with Crippen molar-refractivity contribution in [3.8, 4) is 16.8 Å². The first-order chi connectivity index (χ1) is 19.7. The maximum absolute atomic E-state index is 15.7. The average molecular weight is 532 g/mol. The van der Waals surface area contributed by atoms with E-state index in [0.29, 0.717) is 0 Å². The van der Waals surface area contributed by atoms with Gasteiger partial charge in [0, 0.05) is 32.2 Å². The highest BCUT2D eigenvalue weighted by atomic mass is 31.2. The quantitative estimate of drug-likeness (QED) is 0.210. The van der Waals surface area contributed by atoms with Crippen molar-refractivity contribution in [2.75, 3.05) is 0 Å². The normalized spacial score (nSPS) is 16.2. The van der Waals surface area contributed by atoms with E-state index >= 15 is 4.57 Å². The number of hydrogen-bond acceptors (Lipinski definition) is 2. The Bertz CT molecular complexity index is 2360. The van der Waals surface area contributed by atoms with Gasteiger partial charge in [0.05, 0.1) is 22.0 Å². The SMILES string of the molecule is O=P1(c2ccccc2)c2ccccc2-c2ccc3c4ccccc4n(-c4cccc5c4oc4ccccc45)c3c21. The molecule has 3 nitrogen and oxygen atoms in total. The van der Waals surface area contributed by atoms with Crippen LogP contribution in [0.5, 0.6) is 0 Å². The zero-order valence-electron chi connectivity index (χ0n) is 21.4. The lowest BCUT2D eigenvalue weighted by atomic mass is 10.0. The summed E-state index contributed by atoms with van der Waals surface area (Å²) in [5.41, 5.74) is 6.77. The number of fused-ring (bicyclic) bond motifs is 10. The van der Waals surface area contributed by atoms with Gasteiger partial charge in [-0.2, -0.15) is 0 Å². The molecule has 1 unspecified atom stereocenters. The van der Waals surface area contributed by atoms with Crippen molar-refractivity contribution in [2.45, 2.75) is 0 Å². The first-order valence-electron chi connectivity index (χ1n) is 13.5. The fraction of sp³-hybridized carbons (Fsp3) is 0. The molecule has 0 amide bonds. The lowest BCUT2D eigenvalue weighted by Gasteiger charge is -2.18. The molecule has 188 valence electrons. The molecule has 0 N–H and O–H groups in total. The molecule has 0 radical (unpaired) electrons. The minimum Gasteiger partial charge on any atom is -0.454 e. The number of hydrogen-bond donors (Lipinski definition) is 0. The Hall–Kier alpha value is -4.85. The van der Waals surface area contributed by atoms with Crippen LogP contribution in [-0.2, 0) is 4.57 Å². The second-order valence-electron chi connectivity index (χ2n) is 10.4. The molecule has 0 saturated carbocycles. The zero-order chi connectivity index (χ0) is 26.4. The molecule has 0 fully saturated rings. The molecule has 0 saturated heterocycles. The predicted octanol–water partition coefficient (Wildman–Crippen LogP) is 8.30. The van der Waals surface area contributed by atoms with E-state index in [2.05, 4.69) is 71.3 Å². The van der Waals surface area contributed by atoms with Gasteiger partial charge >= 0.3 is 0 Å². The summed E-state index contributed by atoms with van der Waals surface area (Å²) in [6.07, 6.45) is 0. The molecule has 1 aliphatic heterocycles. The molecule has 9 rings (SSSR count). The van der Waals surface area contributed by atoms with Crippen molar-refractivity contribution in [3.63, 3.8) is 0 Å². The summed E-state index contributed by atoms with van der Waals surface area (Å²) in [5, 5.41) is 7.04. The fourth-order valence-corrected chi connectivity index (χ4v) is 9.99. The Labute approximate surface area is 230 Å². The Morgan fingerprint density at radius 1 is 0.550 bits per heavy atom. The van der Waals surface area contributed by atoms with E-state index in [9.17, 15) is 0 Å². The third-order valence-corrected chi connectivity index (χ3v) is 11.6. The molecule has 8 aromatic rings. The van der Waals surface area contributed by atoms with Crippen molar-refractivity contribution < 1.29 is 8.98 Å². The summed E-state index contributed by atoms with van der Waals surface area (Å²) in [6.45, 7) is 0. The van der Waals surface area contributed by atoms with E-state index in [1.165, 1.54) is 0 Å². The number of aromatic nitrogens is 1. The summed E-state index contributed by atoms with van der Waals surface area (Å²) in [5.74, 6) is 0. The average Bonchev–Trinajstić information content (AvgIpc) is 3.65. The van der Waals surface area contributed by atoms with Gasteiger partial charge in [-0.05, 0) is 29.3 Å². The van der Waals surface area contributed by atoms with Crippen molar-refractivity contribution >= 4 is 66.8 Å². The molecule has 0 aliphatic carbocycles. The van der Waals surface area contributed by atoms with Gasteiger partial charge in [-0.25, -0.2) is 0 Å². The van der Waals surface area contributed by atoms with Gasteiger partial charge in [-0.1, -0.05) is 115 Å². The summed E-state index contributed by atoms with van der Waals surface area (Å²) >= 11 is 0. The zero-order valence-corrected chi connectivity index (χ0v) is 22.3. The number of rotatable bonds is 2. The molecular formula is C36H22NO2P. The van der Waals surface area contributed by atoms with Crippen LogP contribution in [0.3, 0.4) is 0 Å². The molecular weight excluding hydrogens is 509 g/mol. The number of furan rings is 1. The first kappa shape index (κ1) is 22.0. The van der Waals surface area contributed by atoms with E-state index in [4.69, 9.17) is 4.42 Å². The third kappa shape index (κ3) is 2.68. The van der Waals surface area contributed by atoms with Gasteiger partial charge in [0.1, 0.15) is 5.58 Å². The van der Waals surface area contributed by atoms with Crippen LogP contribution >= 0.6 is 7.14 Å². The molecule has 0 bridgehead atoms. The summed E-state index contributed by atoms with van der Waals surface area (Å²) < 4.78 is 24.5. The van der Waals surface area contributed by atoms with Crippen LogP contribution in [0.1, 0.15) is 0 Å². The Morgan fingerprint density at radius 2 is 1.27 bits per heavy atom. The van der Waals surface area contributed by atoms with Crippen molar-refractivity contribution in [1.29, 1.82) is 0 Å². The van der Waals surface area contributed by atoms with Gasteiger partial charge in [-0.15, -0.1) is 0 Å². The minimum absolute atomic E-state index is 0.828. The fourth-order valence-electron chi connectivity index (χ4n) is 6.74. The Balaban J connectivity index is 1.51. The second-order valence-corrected chi connectivity index (χ2v) is 13.1. The van der Waals surface area contributed by atoms with Crippen molar-refractivity contribution in [3.05, 3.63) is 133 Å². The predicted molar refractivity (Wildman–Crippen MR) is 166 cm³/mol. The van der Waals surface area contributed by atoms with Crippen LogP contribution in [0.25, 0.3) is 60.6 Å². The van der Waals surface area contributed by atoms with Gasteiger partial charge in [0.2, 0.25) is 0 Å². The number of para-hydroxylation sites is 3. The summed E-state index contributed by atoms with van der Waals surface area (Å²) in [6, 6.07) is 45.5. The third-order valence-electron chi connectivity index (χ3n) is 8.40. The van der Waals surface area contributed by atoms with E-state index in [1.807, 2.05) is 66.7 Å². The standard InChI is InChI=1S/C36H22NO2P/c38-40(23-11-2-1-3-12-23)33-20-9-6-15-26(33)29-22-21-27-24-13-4-7-17-30(24)37(34(27)36(29)40)31-18-10-16-28-25-14-5-8-19-32(25)39-35(28)31/h1-22H. The second kappa shape index (κ2) is 7.85. The monoisotopic (exact) mass is 531 g/mol. The largest absolute Gasteiger partial charge is 0.454 e. The van der Waals surface area contributed by atoms with Crippen LogP contribution in [0.2, 0.25) is 0 Å². The van der Waals surface area contributed by atoms with Crippen molar-refractivity contribution in [2.24, 2.45) is 0 Å². The van der Waals surface area contributed by atoms with E-state index in [0.717, 1.165) is 76.5 Å². The van der Waals surface area contributed by atoms with Gasteiger partial charge in [0.15, 0.2) is 12.7 Å². The molecule has 4 heteroatoms. The van der Waals surface area contributed by atoms with Gasteiger partial charge in [0.25, 0.3) is 0 Å². The molecule has 1 aliphatic rings. The molecule has 6 aromatic carbocycles. The molecule has 3 heterocycles. The van der Waals surface area contributed by atoms with Crippen LogP contribution in [0, 0.1) is 0 Å². The van der Waals surface area contributed by atoms with E-state index < -0.39 is 7.14 Å². The number of benzene rings is 6. The van der Waals surface area contributed by atoms with E-state index in [-0.39, 0.29) is 0 Å². The Kier molecular flexibility index (Phi) is 4.32. The molecule has 40 heavy (non-hydrogen) atoms. The number of nitrogens with zero attached hydrogens (tertiary/aromatic N) is 1. The highest BCUT2D eigenvalue weighted by Gasteiger charge is 2.42. The van der Waals surface area contributed by atoms with Crippen LogP contribution < -0.4 is 15.9 Å². The lowest BCUT2D eigenvalue weighted by Crippen LogP contribution is -2.22. The topological polar surface area (TPSA) is 35.1 Å². The maximum Gasteiger partial charge on any atom is 0.174 e. The van der Waals surface area contributed by atoms with Crippen LogP contribution in [0.15, 0.2) is 138 Å². The van der Waals surface area contributed by atoms with Crippen molar-refractivity contribution in [1.82, 2.24) is 4.57 Å². The summed E-state index contributed by atoms with van der Waals surface area (Å²) in [4.78, 5) is 0. The van der Waals surface area contributed by atoms with Crippen LogP contribution in [0.4, 0.5) is 0 Å². The lowest BCUT2D eigenvalue weighted by molar-refractivity contribution is 0.593. The van der Waals surface area contributed by atoms with Gasteiger partial charge < -0.3 is 13.5 Å². The van der Waals surface area contributed by atoms with Crippen LogP contribution in [-0.4, -0.2) is 4.57 Å². The van der Waals surface area contributed by atoms with E-state index in [1.54, 1.807) is 0 Å². The first-order valence-corrected chi connectivity index (χ1v) is 15.2. The summed E-state index contributed by atoms with van der Waals surface area (Å²) in [7, 11) is -3.19. The molecule has 1 atom stereocenters. The molecule has 2 aromatic heterocycles. The highest BCUT2D eigenvalue weighted by Crippen LogP contribution is 2.55. The minimum atomic E-state index is -3.19. The molecule has 0 spiro atoms. The maximum atomic E-state index is 15.7. The Morgan fingerprint density at radius 3 is 2.17 bits per heavy atom. The smallest absolute Gasteiger partial charge is 0.174 e. The highest BCUT2D eigenvalue weighted by molar-refractivity contribution is 7.86. The van der Waals surface area contributed by atoms with Gasteiger partial charge in [-0.3, -0.25) is 0 Å².